The Bertz CT molecular complexity index is 1610. The Kier molecular flexibility index (Phi) is 7.26. The number of carbonyl (C=O) groups is 2. The van der Waals surface area contributed by atoms with Crippen molar-refractivity contribution in [2.45, 2.75) is 6.54 Å². The van der Waals surface area contributed by atoms with Crippen LogP contribution >= 0.6 is 0 Å². The molecule has 0 radical (unpaired) electrons. The summed E-state index contributed by atoms with van der Waals surface area (Å²) in [5, 5.41) is 5.49. The van der Waals surface area contributed by atoms with Crippen molar-refractivity contribution < 1.29 is 28.2 Å². The molecule has 1 fully saturated rings. The molecule has 1 aliphatic rings. The first-order valence-electron chi connectivity index (χ1n) is 12.1. The number of para-hydroxylation sites is 1. The molecule has 1 aromatic heterocycles. The summed E-state index contributed by atoms with van der Waals surface area (Å²) < 4.78 is 22.0. The molecule has 0 saturated carbocycles. The van der Waals surface area contributed by atoms with E-state index in [-0.39, 0.29) is 30.6 Å². The first kappa shape index (κ1) is 25.5. The molecule has 0 bridgehead atoms. The molecule has 0 atom stereocenters. The van der Waals surface area contributed by atoms with Gasteiger partial charge in [-0.15, -0.1) is 0 Å². The van der Waals surface area contributed by atoms with Gasteiger partial charge in [0.05, 0.1) is 37.9 Å². The molecule has 2 amide bonds. The highest BCUT2D eigenvalue weighted by Gasteiger charge is 2.33. The largest absolute Gasteiger partial charge is 0.497 e. The van der Waals surface area contributed by atoms with Crippen LogP contribution in [0, 0.1) is 0 Å². The Morgan fingerprint density at radius 2 is 1.67 bits per heavy atom. The van der Waals surface area contributed by atoms with Gasteiger partial charge in [-0.05, 0) is 36.4 Å². The lowest BCUT2D eigenvalue weighted by Gasteiger charge is -2.31. The lowest BCUT2D eigenvalue weighted by molar-refractivity contribution is -0.156. The van der Waals surface area contributed by atoms with Crippen molar-refractivity contribution in [2.24, 2.45) is 5.10 Å². The Balaban J connectivity index is 1.28. The van der Waals surface area contributed by atoms with E-state index in [1.54, 1.807) is 43.5 Å². The first-order valence-corrected chi connectivity index (χ1v) is 12.1. The van der Waals surface area contributed by atoms with E-state index in [0.29, 0.717) is 34.0 Å². The minimum atomic E-state index is -0.794. The predicted molar refractivity (Wildman–Crippen MR) is 143 cm³/mol. The molecule has 0 N–H and O–H groups in total. The molecule has 5 rings (SSSR count). The van der Waals surface area contributed by atoms with Crippen molar-refractivity contribution in [1.82, 2.24) is 9.91 Å². The van der Waals surface area contributed by atoms with Crippen LogP contribution in [0.4, 0.5) is 0 Å². The summed E-state index contributed by atoms with van der Waals surface area (Å²) in [6, 6.07) is 19.4. The maximum atomic E-state index is 13.0. The van der Waals surface area contributed by atoms with E-state index in [0.717, 1.165) is 10.6 Å². The monoisotopic (exact) mass is 527 g/mol. The zero-order chi connectivity index (χ0) is 27.4. The van der Waals surface area contributed by atoms with Crippen molar-refractivity contribution in [1.29, 1.82) is 0 Å². The molecule has 3 aromatic carbocycles. The summed E-state index contributed by atoms with van der Waals surface area (Å²) in [4.78, 5) is 39.9. The fraction of sp³-hybridized carbons (Fsp3) is 0.172. The number of amides is 2. The molecule has 1 saturated heterocycles. The Morgan fingerprint density at radius 1 is 0.872 bits per heavy atom. The van der Waals surface area contributed by atoms with E-state index in [9.17, 15) is 14.4 Å². The third-order valence-electron chi connectivity index (χ3n) is 6.23. The van der Waals surface area contributed by atoms with Crippen LogP contribution < -0.4 is 19.6 Å². The molecule has 10 nitrogen and oxygen atoms in total. The van der Waals surface area contributed by atoms with Crippen LogP contribution in [-0.4, -0.2) is 55.2 Å². The molecule has 0 unspecified atom stereocenters. The van der Waals surface area contributed by atoms with Gasteiger partial charge in [-0.25, -0.2) is 5.01 Å². The Hall–Kier alpha value is -5.12. The van der Waals surface area contributed by atoms with Gasteiger partial charge in [0, 0.05) is 30.8 Å². The van der Waals surface area contributed by atoms with Crippen molar-refractivity contribution in [3.8, 4) is 23.0 Å². The maximum Gasteiger partial charge on any atom is 0.332 e. The number of hydrogen-bond donors (Lipinski definition) is 0. The Morgan fingerprint density at radius 3 is 2.44 bits per heavy atom. The second-order valence-corrected chi connectivity index (χ2v) is 8.67. The smallest absolute Gasteiger partial charge is 0.332 e. The minimum Gasteiger partial charge on any atom is -0.497 e. The number of nitrogens with zero attached hydrogens (tertiary/aromatic N) is 3. The molecule has 2 heterocycles. The van der Waals surface area contributed by atoms with Crippen LogP contribution in [0.1, 0.15) is 11.1 Å². The molecule has 4 aromatic rings. The average molecular weight is 528 g/mol. The van der Waals surface area contributed by atoms with Gasteiger partial charge in [0.2, 0.25) is 5.43 Å². The number of hydrogen-bond acceptors (Lipinski definition) is 8. The molecule has 1 aliphatic heterocycles. The number of ether oxygens (including phenoxy) is 3. The van der Waals surface area contributed by atoms with Gasteiger partial charge in [-0.3, -0.25) is 14.4 Å². The molecular formula is C29H25N3O7. The third-order valence-corrected chi connectivity index (χ3v) is 6.23. The summed E-state index contributed by atoms with van der Waals surface area (Å²) in [5.74, 6) is 0.858. The number of methoxy groups -OCH3 is 2. The van der Waals surface area contributed by atoms with Crippen LogP contribution in [0.25, 0.3) is 11.0 Å². The number of fused-ring (bicyclic) bond motifs is 1. The van der Waals surface area contributed by atoms with Crippen LogP contribution in [0.15, 0.2) is 87.3 Å². The lowest BCUT2D eigenvalue weighted by atomic mass is 10.1. The second kappa shape index (κ2) is 11.1. The zero-order valence-electron chi connectivity index (χ0n) is 21.3. The molecular weight excluding hydrogens is 502 g/mol. The van der Waals surface area contributed by atoms with Crippen molar-refractivity contribution in [3.05, 3.63) is 94.3 Å². The summed E-state index contributed by atoms with van der Waals surface area (Å²) in [6.07, 6.45) is 2.49. The number of benzene rings is 3. The quantitative estimate of drug-likeness (QED) is 0.253. The number of rotatable bonds is 8. The SMILES string of the molecule is COc1ccc(CN2CCN(N=Cc3coc4cc(Oc5ccccc5)ccc4c3=O)C(=O)C2=O)c(OC)c1. The van der Waals surface area contributed by atoms with E-state index in [1.807, 2.05) is 30.3 Å². The highest BCUT2D eigenvalue weighted by atomic mass is 16.5. The minimum absolute atomic E-state index is 0.143. The van der Waals surface area contributed by atoms with E-state index >= 15 is 0 Å². The van der Waals surface area contributed by atoms with Crippen LogP contribution in [-0.2, 0) is 16.1 Å². The summed E-state index contributed by atoms with van der Waals surface area (Å²) >= 11 is 0. The van der Waals surface area contributed by atoms with Gasteiger partial charge >= 0.3 is 11.8 Å². The fourth-order valence-electron chi connectivity index (χ4n) is 4.15. The van der Waals surface area contributed by atoms with Gasteiger partial charge in [0.1, 0.15) is 34.8 Å². The predicted octanol–water partition coefficient (Wildman–Crippen LogP) is 3.81. The van der Waals surface area contributed by atoms with Gasteiger partial charge in [0.25, 0.3) is 0 Å². The highest BCUT2D eigenvalue weighted by Crippen LogP contribution is 2.27. The Labute approximate surface area is 223 Å². The number of piperazine rings is 1. The first-order chi connectivity index (χ1) is 19.0. The van der Waals surface area contributed by atoms with E-state index in [4.69, 9.17) is 18.6 Å². The lowest BCUT2D eigenvalue weighted by Crippen LogP contribution is -2.52. The number of carbonyl (C=O) groups excluding carboxylic acids is 2. The topological polar surface area (TPSA) is 111 Å². The van der Waals surface area contributed by atoms with Crippen molar-refractivity contribution in [2.75, 3.05) is 27.3 Å². The summed E-state index contributed by atoms with van der Waals surface area (Å²) in [6.45, 7) is 0.617. The highest BCUT2D eigenvalue weighted by molar-refractivity contribution is 6.35. The van der Waals surface area contributed by atoms with Gasteiger partial charge in [-0.1, -0.05) is 18.2 Å². The van der Waals surface area contributed by atoms with Gasteiger partial charge in [-0.2, -0.15) is 5.10 Å². The van der Waals surface area contributed by atoms with E-state index in [2.05, 4.69) is 5.10 Å². The third kappa shape index (κ3) is 5.45. The molecule has 0 aliphatic carbocycles. The zero-order valence-corrected chi connectivity index (χ0v) is 21.3. The van der Waals surface area contributed by atoms with Gasteiger partial charge in [0.15, 0.2) is 0 Å². The summed E-state index contributed by atoms with van der Waals surface area (Å²) in [5.41, 5.74) is 0.905. The van der Waals surface area contributed by atoms with Crippen LogP contribution in [0.5, 0.6) is 23.0 Å². The maximum absolute atomic E-state index is 13.0. The molecule has 0 spiro atoms. The average Bonchev–Trinajstić information content (AvgIpc) is 2.96. The normalized spacial score (nSPS) is 13.8. The summed E-state index contributed by atoms with van der Waals surface area (Å²) in [7, 11) is 3.08. The fourth-order valence-corrected chi connectivity index (χ4v) is 4.15. The number of hydrazone groups is 1. The van der Waals surface area contributed by atoms with E-state index in [1.165, 1.54) is 24.5 Å². The second-order valence-electron chi connectivity index (χ2n) is 8.67. The van der Waals surface area contributed by atoms with Crippen molar-refractivity contribution >= 4 is 29.0 Å². The van der Waals surface area contributed by atoms with Crippen LogP contribution in [0.3, 0.4) is 0 Å². The molecule has 10 heteroatoms. The standard InChI is InChI=1S/C29H25N3O7/c1-36-22-9-8-19(25(14-22)37-2)17-31-12-13-32(29(35)28(31)34)30-16-20-18-38-26-15-23(10-11-24(26)27(20)33)39-21-6-4-3-5-7-21/h3-11,14-16,18H,12-13,17H2,1-2H3. The van der Waals surface area contributed by atoms with Crippen LogP contribution in [0.2, 0.25) is 0 Å². The molecule has 198 valence electrons. The van der Waals surface area contributed by atoms with Crippen molar-refractivity contribution in [3.63, 3.8) is 0 Å². The molecule has 39 heavy (non-hydrogen) atoms. The van der Waals surface area contributed by atoms with Gasteiger partial charge < -0.3 is 23.5 Å². The van der Waals surface area contributed by atoms with E-state index < -0.39 is 11.8 Å².